The molecule has 6 heteroatoms. The van der Waals surface area contributed by atoms with Crippen molar-refractivity contribution in [3.05, 3.63) is 43.0 Å². The Bertz CT molecular complexity index is 497. The number of hydrogen-bond donors (Lipinski definition) is 0. The van der Waals surface area contributed by atoms with Crippen LogP contribution >= 0.6 is 0 Å². The molecule has 1 unspecified atom stereocenters. The highest BCUT2D eigenvalue weighted by atomic mass is 32.2. The van der Waals surface area contributed by atoms with Crippen LogP contribution in [-0.2, 0) is 19.3 Å². The zero-order valence-electron chi connectivity index (χ0n) is 11.0. The van der Waals surface area contributed by atoms with Crippen LogP contribution in [0.3, 0.4) is 0 Å². The van der Waals surface area contributed by atoms with Gasteiger partial charge >= 0.3 is 10.1 Å². The molecule has 0 N–H and O–H groups in total. The number of benzene rings is 1. The Balaban J connectivity index is 2.99. The van der Waals surface area contributed by atoms with Gasteiger partial charge in [0.1, 0.15) is 5.75 Å². The molecule has 1 rings (SSSR count). The zero-order chi connectivity index (χ0) is 14.4. The summed E-state index contributed by atoms with van der Waals surface area (Å²) >= 11 is 0. The quantitative estimate of drug-likeness (QED) is 0.417. The Morgan fingerprint density at radius 2 is 1.95 bits per heavy atom. The maximum Gasteiger partial charge on any atom is 0.334 e. The summed E-state index contributed by atoms with van der Waals surface area (Å²) < 4.78 is 34.2. The Hall–Kier alpha value is -1.37. The number of para-hydroxylation sites is 1. The van der Waals surface area contributed by atoms with Crippen molar-refractivity contribution in [2.24, 2.45) is 0 Å². The third-order valence-electron chi connectivity index (χ3n) is 2.38. The molecular formula is C13H18O5S. The monoisotopic (exact) mass is 286 g/mol. The molecule has 0 aliphatic heterocycles. The highest BCUT2D eigenvalue weighted by Crippen LogP contribution is 2.28. The van der Waals surface area contributed by atoms with Crippen LogP contribution in [0.1, 0.15) is 20.3 Å². The number of hydrogen-bond acceptors (Lipinski definition) is 5. The van der Waals surface area contributed by atoms with Crippen molar-refractivity contribution in [1.29, 1.82) is 0 Å². The summed E-state index contributed by atoms with van der Waals surface area (Å²) in [6.07, 6.45) is 1.52. The van der Waals surface area contributed by atoms with E-state index in [-0.39, 0.29) is 13.0 Å². The molecule has 5 nitrogen and oxygen atoms in total. The maximum atomic E-state index is 12.1. The summed E-state index contributed by atoms with van der Waals surface area (Å²) in [7, 11) is -4.06. The fraction of sp³-hybridized carbons (Fsp3) is 0.385. The summed E-state index contributed by atoms with van der Waals surface area (Å²) in [6.45, 7) is 6.70. The van der Waals surface area contributed by atoms with Crippen LogP contribution in [0.25, 0.3) is 0 Å². The third kappa shape index (κ3) is 4.05. The van der Waals surface area contributed by atoms with Crippen molar-refractivity contribution in [2.75, 3.05) is 6.61 Å². The first kappa shape index (κ1) is 15.7. The summed E-state index contributed by atoms with van der Waals surface area (Å²) in [5.74, 6) is 0.426. The van der Waals surface area contributed by atoms with Crippen molar-refractivity contribution in [3.63, 3.8) is 0 Å². The van der Waals surface area contributed by atoms with Crippen LogP contribution in [0.2, 0.25) is 0 Å². The van der Waals surface area contributed by atoms with E-state index < -0.39 is 15.1 Å². The van der Waals surface area contributed by atoms with Crippen LogP contribution in [-0.4, -0.2) is 20.0 Å². The molecule has 106 valence electrons. The second kappa shape index (κ2) is 6.70. The molecule has 0 radical (unpaired) electrons. The Morgan fingerprint density at radius 1 is 1.32 bits per heavy atom. The van der Waals surface area contributed by atoms with Crippen molar-refractivity contribution in [2.45, 2.75) is 25.2 Å². The highest BCUT2D eigenvalue weighted by molar-refractivity contribution is 7.87. The minimum absolute atomic E-state index is 0.0668. The minimum Gasteiger partial charge on any atom is -0.469 e. The minimum atomic E-state index is -4.06. The van der Waals surface area contributed by atoms with E-state index in [4.69, 9.17) is 4.74 Å². The summed E-state index contributed by atoms with van der Waals surface area (Å²) in [6, 6.07) is 8.64. The van der Waals surface area contributed by atoms with Crippen molar-refractivity contribution in [3.8, 4) is 5.75 Å². The lowest BCUT2D eigenvalue weighted by Crippen LogP contribution is -2.42. The Morgan fingerprint density at radius 3 is 2.47 bits per heavy atom. The predicted octanol–water partition coefficient (Wildman–Crippen LogP) is 2.66. The molecule has 0 aromatic heterocycles. The molecule has 0 saturated carbocycles. The predicted molar refractivity (Wildman–Crippen MR) is 71.9 cm³/mol. The highest BCUT2D eigenvalue weighted by Gasteiger charge is 2.43. The van der Waals surface area contributed by atoms with Gasteiger partial charge in [-0.25, -0.2) is 4.89 Å². The smallest absolute Gasteiger partial charge is 0.334 e. The van der Waals surface area contributed by atoms with Gasteiger partial charge in [0, 0.05) is 6.42 Å². The van der Waals surface area contributed by atoms with E-state index in [1.165, 1.54) is 13.0 Å². The van der Waals surface area contributed by atoms with E-state index >= 15 is 0 Å². The fourth-order valence-corrected chi connectivity index (χ4v) is 2.27. The normalized spacial score (nSPS) is 14.6. The molecule has 0 heterocycles. The van der Waals surface area contributed by atoms with Crippen LogP contribution in [0, 0.1) is 0 Å². The van der Waals surface area contributed by atoms with Crippen molar-refractivity contribution < 1.29 is 22.4 Å². The molecular weight excluding hydrogens is 268 g/mol. The fourth-order valence-electron chi connectivity index (χ4n) is 1.38. The van der Waals surface area contributed by atoms with Crippen molar-refractivity contribution >= 4 is 10.1 Å². The van der Waals surface area contributed by atoms with E-state index in [0.29, 0.717) is 5.75 Å². The second-order valence-corrected chi connectivity index (χ2v) is 5.88. The molecule has 1 atom stereocenters. The van der Waals surface area contributed by atoms with E-state index in [9.17, 15) is 8.42 Å². The molecule has 19 heavy (non-hydrogen) atoms. The lowest BCUT2D eigenvalue weighted by molar-refractivity contribution is -0.201. The lowest BCUT2D eigenvalue weighted by Gasteiger charge is -2.27. The van der Waals surface area contributed by atoms with E-state index in [0.717, 1.165) is 0 Å². The molecule has 0 aliphatic carbocycles. The van der Waals surface area contributed by atoms with Crippen molar-refractivity contribution in [1.82, 2.24) is 0 Å². The Labute approximate surface area is 113 Å². The van der Waals surface area contributed by atoms with Gasteiger partial charge in [-0.1, -0.05) is 24.3 Å². The Kier molecular flexibility index (Phi) is 5.53. The maximum absolute atomic E-state index is 12.1. The molecule has 0 bridgehead atoms. The van der Waals surface area contributed by atoms with E-state index in [1.807, 2.05) is 6.07 Å². The summed E-state index contributed by atoms with van der Waals surface area (Å²) in [5, 5.41) is 0. The molecule has 0 amide bonds. The average molecular weight is 286 g/mol. The topological polar surface area (TPSA) is 61.8 Å². The van der Waals surface area contributed by atoms with Crippen LogP contribution < -0.4 is 4.74 Å². The number of rotatable bonds is 8. The van der Waals surface area contributed by atoms with Gasteiger partial charge in [0.2, 0.25) is 4.93 Å². The van der Waals surface area contributed by atoms with Crippen LogP contribution in [0.15, 0.2) is 43.0 Å². The van der Waals surface area contributed by atoms with Gasteiger partial charge in [-0.15, -0.1) is 10.9 Å². The molecule has 1 aromatic rings. The standard InChI is InChI=1S/C13H18O5S/c1-4-11-13(3,19(14,15)18-16-5-2)17-12-9-7-6-8-10-12/h4,6-10H,1,5,11H2,2-3H3. The lowest BCUT2D eigenvalue weighted by atomic mass is 10.2. The van der Waals surface area contributed by atoms with E-state index in [1.54, 1.807) is 31.2 Å². The molecule has 0 fully saturated rings. The van der Waals surface area contributed by atoms with Gasteiger partial charge in [0.15, 0.2) is 0 Å². The van der Waals surface area contributed by atoms with Gasteiger partial charge in [-0.2, -0.15) is 8.42 Å². The number of ether oxygens (including phenoxy) is 1. The second-order valence-electron chi connectivity index (χ2n) is 3.97. The molecule has 0 aliphatic rings. The molecule has 0 saturated heterocycles. The first-order valence-electron chi connectivity index (χ1n) is 5.86. The summed E-state index contributed by atoms with van der Waals surface area (Å²) in [5.41, 5.74) is 0. The molecule has 0 spiro atoms. The van der Waals surface area contributed by atoms with Crippen LogP contribution in [0.5, 0.6) is 5.75 Å². The van der Waals surface area contributed by atoms with Gasteiger partial charge in [-0.05, 0) is 26.0 Å². The van der Waals surface area contributed by atoms with Crippen LogP contribution in [0.4, 0.5) is 0 Å². The average Bonchev–Trinajstić information content (AvgIpc) is 2.37. The third-order valence-corrected chi connectivity index (χ3v) is 3.96. The summed E-state index contributed by atoms with van der Waals surface area (Å²) in [4.78, 5) is 2.93. The van der Waals surface area contributed by atoms with Gasteiger partial charge in [-0.3, -0.25) is 0 Å². The van der Waals surface area contributed by atoms with Gasteiger partial charge in [0.05, 0.1) is 6.61 Å². The zero-order valence-corrected chi connectivity index (χ0v) is 11.9. The van der Waals surface area contributed by atoms with Gasteiger partial charge < -0.3 is 4.74 Å². The first-order valence-corrected chi connectivity index (χ1v) is 7.26. The van der Waals surface area contributed by atoms with Gasteiger partial charge in [0.25, 0.3) is 0 Å². The largest absolute Gasteiger partial charge is 0.469 e. The SMILES string of the molecule is C=CCC(C)(Oc1ccccc1)S(=O)(=O)OOCC. The molecule has 1 aromatic carbocycles. The first-order chi connectivity index (χ1) is 8.95. The van der Waals surface area contributed by atoms with E-state index in [2.05, 4.69) is 15.8 Å².